The van der Waals surface area contributed by atoms with Gasteiger partial charge in [-0.25, -0.2) is 8.42 Å². The lowest BCUT2D eigenvalue weighted by Gasteiger charge is -2.22. The van der Waals surface area contributed by atoms with Crippen LogP contribution in [0.3, 0.4) is 0 Å². The molecule has 0 radical (unpaired) electrons. The van der Waals surface area contributed by atoms with Crippen LogP contribution in [0, 0.1) is 0 Å². The molecule has 0 saturated heterocycles. The molecule has 4 unspecified atom stereocenters. The molecule has 0 saturated carbocycles. The van der Waals surface area contributed by atoms with Crippen LogP contribution in [0.1, 0.15) is 13.8 Å². The summed E-state index contributed by atoms with van der Waals surface area (Å²) in [7, 11) is -3.47. The summed E-state index contributed by atoms with van der Waals surface area (Å²) in [6, 6.07) is 0. The highest BCUT2D eigenvalue weighted by atomic mass is 35.5. The predicted octanol–water partition coefficient (Wildman–Crippen LogP) is 3.03. The lowest BCUT2D eigenvalue weighted by Crippen LogP contribution is -2.35. The van der Waals surface area contributed by atoms with Gasteiger partial charge in [0.15, 0.2) is 9.84 Å². The molecule has 7 heteroatoms. The fourth-order valence-corrected chi connectivity index (χ4v) is 5.65. The molecule has 0 spiro atoms. The van der Waals surface area contributed by atoms with E-state index in [1.54, 1.807) is 13.8 Å². The molecular weight excluding hydrogens is 295 g/mol. The van der Waals surface area contributed by atoms with Crippen LogP contribution in [-0.4, -0.2) is 40.8 Å². The Hall–Kier alpha value is 1.23. The Morgan fingerprint density at radius 3 is 1.40 bits per heavy atom. The summed E-state index contributed by atoms with van der Waals surface area (Å²) in [6.45, 7) is 3.57. The van der Waals surface area contributed by atoms with Crippen molar-refractivity contribution in [3.05, 3.63) is 0 Å². The third-order valence-corrected chi connectivity index (χ3v) is 9.10. The molecule has 0 aliphatic rings. The highest BCUT2D eigenvalue weighted by Gasteiger charge is 2.37. The van der Waals surface area contributed by atoms with Crippen molar-refractivity contribution < 1.29 is 8.42 Å². The van der Waals surface area contributed by atoms with Gasteiger partial charge in [-0.05, 0) is 12.5 Å². The maximum Gasteiger partial charge on any atom is 0.185 e. The minimum Gasteiger partial charge on any atom is -0.226 e. The summed E-state index contributed by atoms with van der Waals surface area (Å²) in [5, 5.41) is -0.320. The SMILES string of the molecule is CSC(C)C(Cl)S(=O)(=O)C(Cl)C(C)SC. The number of halogens is 2. The second-order valence-electron chi connectivity index (χ2n) is 3.17. The zero-order valence-corrected chi connectivity index (χ0v) is 13.1. The highest BCUT2D eigenvalue weighted by Crippen LogP contribution is 2.30. The standard InChI is InChI=1S/C8H16Cl2O2S3/c1-5(13-3)7(9)15(11,12)8(10)6(2)14-4/h5-8H,1-4H3. The molecule has 0 aromatic heterocycles. The van der Waals surface area contributed by atoms with Crippen LogP contribution >= 0.6 is 46.7 Å². The van der Waals surface area contributed by atoms with Gasteiger partial charge < -0.3 is 0 Å². The van der Waals surface area contributed by atoms with Crippen LogP contribution in [-0.2, 0) is 9.84 Å². The van der Waals surface area contributed by atoms with Gasteiger partial charge in [-0.1, -0.05) is 13.8 Å². The maximum atomic E-state index is 11.9. The maximum absolute atomic E-state index is 11.9. The smallest absolute Gasteiger partial charge is 0.185 e. The lowest BCUT2D eigenvalue weighted by atomic mass is 10.5. The molecule has 4 atom stereocenters. The normalized spacial score (nSPS) is 20.7. The third kappa shape index (κ3) is 4.19. The van der Waals surface area contributed by atoms with E-state index in [1.807, 2.05) is 12.5 Å². The molecule has 0 rings (SSSR count). The van der Waals surface area contributed by atoms with Gasteiger partial charge >= 0.3 is 0 Å². The van der Waals surface area contributed by atoms with Gasteiger partial charge in [0.1, 0.15) is 9.42 Å². The van der Waals surface area contributed by atoms with Crippen molar-refractivity contribution in [2.24, 2.45) is 0 Å². The van der Waals surface area contributed by atoms with Crippen molar-refractivity contribution in [2.75, 3.05) is 12.5 Å². The van der Waals surface area contributed by atoms with Gasteiger partial charge in [0.25, 0.3) is 0 Å². The number of hydrogen-bond acceptors (Lipinski definition) is 4. The Kier molecular flexibility index (Phi) is 7.40. The fraction of sp³-hybridized carbons (Fsp3) is 1.00. The van der Waals surface area contributed by atoms with E-state index in [0.29, 0.717) is 0 Å². The number of alkyl halides is 2. The second-order valence-corrected chi connectivity index (χ2v) is 9.25. The molecule has 0 bridgehead atoms. The molecule has 0 aliphatic carbocycles. The van der Waals surface area contributed by atoms with Gasteiger partial charge in [0.05, 0.1) is 0 Å². The van der Waals surface area contributed by atoms with Crippen LogP contribution in [0.15, 0.2) is 0 Å². The Morgan fingerprint density at radius 2 is 1.20 bits per heavy atom. The first kappa shape index (κ1) is 16.2. The van der Waals surface area contributed by atoms with Gasteiger partial charge in [-0.15, -0.1) is 23.2 Å². The van der Waals surface area contributed by atoms with E-state index in [-0.39, 0.29) is 10.5 Å². The number of rotatable bonds is 6. The molecule has 15 heavy (non-hydrogen) atoms. The molecule has 2 nitrogen and oxygen atoms in total. The average molecular weight is 311 g/mol. The molecule has 0 aliphatic heterocycles. The molecule has 0 aromatic rings. The topological polar surface area (TPSA) is 34.1 Å². The van der Waals surface area contributed by atoms with Crippen molar-refractivity contribution >= 4 is 56.6 Å². The van der Waals surface area contributed by atoms with E-state index in [0.717, 1.165) is 0 Å². The number of sulfone groups is 1. The van der Waals surface area contributed by atoms with E-state index >= 15 is 0 Å². The van der Waals surface area contributed by atoms with Gasteiger partial charge in [0, 0.05) is 10.5 Å². The predicted molar refractivity (Wildman–Crippen MR) is 74.2 cm³/mol. The first-order valence-corrected chi connectivity index (χ1v) is 9.41. The average Bonchev–Trinajstić information content (AvgIpc) is 2.24. The molecule has 92 valence electrons. The Morgan fingerprint density at radius 1 is 0.933 bits per heavy atom. The summed E-state index contributed by atoms with van der Waals surface area (Å²) in [5.41, 5.74) is 0. The van der Waals surface area contributed by atoms with Gasteiger partial charge in [-0.3, -0.25) is 0 Å². The van der Waals surface area contributed by atoms with E-state index in [1.165, 1.54) is 23.5 Å². The quantitative estimate of drug-likeness (QED) is 0.706. The van der Waals surface area contributed by atoms with Crippen LogP contribution < -0.4 is 0 Å². The van der Waals surface area contributed by atoms with Gasteiger partial charge in [-0.2, -0.15) is 23.5 Å². The summed E-state index contributed by atoms with van der Waals surface area (Å²) in [5.74, 6) is 0. The van der Waals surface area contributed by atoms with Crippen LogP contribution in [0.2, 0.25) is 0 Å². The first-order chi connectivity index (χ1) is 6.78. The van der Waals surface area contributed by atoms with Crippen molar-refractivity contribution in [1.82, 2.24) is 0 Å². The zero-order chi connectivity index (χ0) is 12.2. The number of hydrogen-bond donors (Lipinski definition) is 0. The Bertz CT molecular complexity index is 260. The highest BCUT2D eigenvalue weighted by molar-refractivity contribution is 8.03. The van der Waals surface area contributed by atoms with Gasteiger partial charge in [0.2, 0.25) is 0 Å². The zero-order valence-electron chi connectivity index (χ0n) is 9.11. The molecular formula is C8H16Cl2O2S3. The molecule has 0 amide bonds. The fourth-order valence-electron chi connectivity index (χ4n) is 0.872. The van der Waals surface area contributed by atoms with Crippen LogP contribution in [0.5, 0.6) is 0 Å². The van der Waals surface area contributed by atoms with Crippen molar-refractivity contribution in [1.29, 1.82) is 0 Å². The third-order valence-electron chi connectivity index (χ3n) is 2.11. The minimum absolute atomic E-state index is 0.160. The van der Waals surface area contributed by atoms with E-state index in [4.69, 9.17) is 23.2 Å². The minimum atomic E-state index is -3.47. The summed E-state index contributed by atoms with van der Waals surface area (Å²) in [4.78, 5) is 0. The van der Waals surface area contributed by atoms with E-state index in [2.05, 4.69) is 0 Å². The molecule has 0 aromatic carbocycles. The second kappa shape index (κ2) is 6.84. The summed E-state index contributed by atoms with van der Waals surface area (Å²) >= 11 is 14.7. The van der Waals surface area contributed by atoms with Crippen LogP contribution in [0.25, 0.3) is 0 Å². The lowest BCUT2D eigenvalue weighted by molar-refractivity contribution is 0.587. The van der Waals surface area contributed by atoms with Crippen LogP contribution in [0.4, 0.5) is 0 Å². The van der Waals surface area contributed by atoms with E-state index < -0.39 is 19.3 Å². The first-order valence-electron chi connectivity index (χ1n) is 4.35. The van der Waals surface area contributed by atoms with Crippen molar-refractivity contribution in [2.45, 2.75) is 33.8 Å². The summed E-state index contributed by atoms with van der Waals surface area (Å²) < 4.78 is 22.0. The largest absolute Gasteiger partial charge is 0.226 e. The molecule has 0 fully saturated rings. The molecule has 0 N–H and O–H groups in total. The Labute approximate surface area is 111 Å². The molecule has 0 heterocycles. The summed E-state index contributed by atoms with van der Waals surface area (Å²) in [6.07, 6.45) is 3.66. The number of thioether (sulfide) groups is 2. The van der Waals surface area contributed by atoms with E-state index in [9.17, 15) is 8.42 Å². The van der Waals surface area contributed by atoms with Crippen molar-refractivity contribution in [3.8, 4) is 0 Å². The van der Waals surface area contributed by atoms with Crippen molar-refractivity contribution in [3.63, 3.8) is 0 Å². The Balaban J connectivity index is 4.82. The monoisotopic (exact) mass is 310 g/mol.